The molecule has 4 aromatic heterocycles. The number of nitrogens with zero attached hydrogens (tertiary/aromatic N) is 8. The van der Waals surface area contributed by atoms with Gasteiger partial charge < -0.3 is 20.4 Å². The highest BCUT2D eigenvalue weighted by Gasteiger charge is 2.20. The fraction of sp³-hybridized carbons (Fsp3) is 0.316. The Morgan fingerprint density at radius 3 is 1.44 bits per heavy atom. The number of piperazine rings is 1. The van der Waals surface area contributed by atoms with E-state index < -0.39 is 0 Å². The zero-order valence-corrected chi connectivity index (χ0v) is 28.4. The van der Waals surface area contributed by atoms with Crippen molar-refractivity contribution in [1.82, 2.24) is 39.5 Å². The molecular formula is C38H40N10O2. The van der Waals surface area contributed by atoms with Crippen LogP contribution in [0.15, 0.2) is 82.4 Å². The van der Waals surface area contributed by atoms with Crippen molar-refractivity contribution in [3.8, 4) is 0 Å². The van der Waals surface area contributed by atoms with Crippen molar-refractivity contribution in [3.63, 3.8) is 0 Å². The van der Waals surface area contributed by atoms with E-state index in [1.807, 2.05) is 86.6 Å². The predicted molar refractivity (Wildman–Crippen MR) is 201 cm³/mol. The van der Waals surface area contributed by atoms with E-state index in [4.69, 9.17) is 0 Å². The molecule has 0 radical (unpaired) electrons. The fourth-order valence-electron chi connectivity index (χ4n) is 7.38. The molecule has 9 rings (SSSR count). The van der Waals surface area contributed by atoms with Gasteiger partial charge in [-0.2, -0.15) is 0 Å². The standard InChI is InChI=1S/C36H34N10O2.C2H6/c47-35-23-7-1-3-9-29(23)45-33-27(39-41-45)13-11-25(31(33)35)37-15-5-17-43-19-21-44(22-20-43)18-6-16-38-26-12-14-28-34-32(26)36(48)24-8-2-4-10-30(24)46(34)42-40-28;1-2/h1-4,7-14,37-38H,5-6,15-22H2;1-2H3. The summed E-state index contributed by atoms with van der Waals surface area (Å²) >= 11 is 0. The molecule has 0 amide bonds. The highest BCUT2D eigenvalue weighted by molar-refractivity contribution is 6.07. The summed E-state index contributed by atoms with van der Waals surface area (Å²) in [6.07, 6.45) is 1.96. The minimum atomic E-state index is 0.0134. The fourth-order valence-corrected chi connectivity index (χ4v) is 7.38. The first-order valence-electron chi connectivity index (χ1n) is 17.6. The van der Waals surface area contributed by atoms with Gasteiger partial charge in [0.05, 0.1) is 21.8 Å². The molecule has 0 bridgehead atoms. The summed E-state index contributed by atoms with van der Waals surface area (Å²) < 4.78 is 3.57. The van der Waals surface area contributed by atoms with E-state index >= 15 is 0 Å². The first-order valence-corrected chi connectivity index (χ1v) is 17.6. The third-order valence-corrected chi connectivity index (χ3v) is 9.83. The lowest BCUT2D eigenvalue weighted by atomic mass is 10.1. The maximum atomic E-state index is 13.5. The molecule has 2 N–H and O–H groups in total. The molecular weight excluding hydrogens is 628 g/mol. The molecule has 12 heteroatoms. The van der Waals surface area contributed by atoms with Crippen molar-refractivity contribution in [3.05, 3.63) is 93.2 Å². The Bertz CT molecular complexity index is 2380. The van der Waals surface area contributed by atoms with Crippen LogP contribution in [0.5, 0.6) is 0 Å². The van der Waals surface area contributed by atoms with Gasteiger partial charge in [0.15, 0.2) is 10.9 Å². The Labute approximate surface area is 288 Å². The minimum Gasteiger partial charge on any atom is -0.384 e. The van der Waals surface area contributed by atoms with E-state index in [1.54, 1.807) is 9.03 Å². The Kier molecular flexibility index (Phi) is 8.55. The second-order valence-corrected chi connectivity index (χ2v) is 12.7. The van der Waals surface area contributed by atoms with Crippen LogP contribution in [0.4, 0.5) is 11.4 Å². The van der Waals surface area contributed by atoms with Crippen LogP contribution in [0.1, 0.15) is 26.7 Å². The molecule has 5 heterocycles. The Morgan fingerprint density at radius 2 is 1.00 bits per heavy atom. The number of nitrogens with one attached hydrogen (secondary N) is 2. The normalized spacial score (nSPS) is 14.4. The van der Waals surface area contributed by atoms with Crippen LogP contribution in [-0.4, -0.2) is 91.8 Å². The first kappa shape index (κ1) is 31.8. The van der Waals surface area contributed by atoms with Crippen molar-refractivity contribution >= 4 is 66.0 Å². The molecule has 1 saturated heterocycles. The van der Waals surface area contributed by atoms with Crippen LogP contribution in [0.2, 0.25) is 0 Å². The van der Waals surface area contributed by atoms with E-state index in [9.17, 15) is 9.59 Å². The first-order chi connectivity index (χ1) is 24.7. The van der Waals surface area contributed by atoms with E-state index in [1.165, 1.54) is 0 Å². The lowest BCUT2D eigenvalue weighted by Crippen LogP contribution is -2.47. The highest BCUT2D eigenvalue weighted by atomic mass is 16.1. The zero-order chi connectivity index (χ0) is 34.2. The van der Waals surface area contributed by atoms with Gasteiger partial charge in [-0.05, 0) is 74.5 Å². The summed E-state index contributed by atoms with van der Waals surface area (Å²) in [5.74, 6) is 0. The van der Waals surface area contributed by atoms with Crippen molar-refractivity contribution in [1.29, 1.82) is 0 Å². The number of hydrogen-bond acceptors (Lipinski definition) is 10. The van der Waals surface area contributed by atoms with Gasteiger partial charge in [0.1, 0.15) is 22.1 Å². The molecule has 4 aromatic carbocycles. The van der Waals surface area contributed by atoms with E-state index in [2.05, 4.69) is 41.1 Å². The minimum absolute atomic E-state index is 0.0134. The number of anilines is 2. The second-order valence-electron chi connectivity index (χ2n) is 12.7. The Hall–Kier alpha value is -5.46. The summed E-state index contributed by atoms with van der Waals surface area (Å²) in [5.41, 5.74) is 6.26. The number of pyridine rings is 2. The third kappa shape index (κ3) is 5.40. The number of benzene rings is 4. The number of para-hydroxylation sites is 2. The van der Waals surface area contributed by atoms with Gasteiger partial charge in [-0.3, -0.25) is 9.59 Å². The molecule has 1 aliphatic heterocycles. The van der Waals surface area contributed by atoms with Crippen molar-refractivity contribution in [2.75, 3.05) is 63.0 Å². The van der Waals surface area contributed by atoms with Crippen molar-refractivity contribution in [2.24, 2.45) is 0 Å². The van der Waals surface area contributed by atoms with Gasteiger partial charge in [0, 0.05) is 61.4 Å². The Balaban J connectivity index is 0.00000177. The zero-order valence-electron chi connectivity index (χ0n) is 28.4. The van der Waals surface area contributed by atoms with Crippen LogP contribution >= 0.6 is 0 Å². The van der Waals surface area contributed by atoms with Gasteiger partial charge in [0.2, 0.25) is 0 Å². The van der Waals surface area contributed by atoms with Crippen LogP contribution in [0, 0.1) is 0 Å². The van der Waals surface area contributed by atoms with Crippen LogP contribution in [0.3, 0.4) is 0 Å². The lowest BCUT2D eigenvalue weighted by molar-refractivity contribution is 0.132. The third-order valence-electron chi connectivity index (χ3n) is 9.83. The Morgan fingerprint density at radius 1 is 0.580 bits per heavy atom. The van der Waals surface area contributed by atoms with Crippen molar-refractivity contribution < 1.29 is 0 Å². The summed E-state index contributed by atoms with van der Waals surface area (Å²) in [5, 5.41) is 26.9. The molecule has 254 valence electrons. The number of rotatable bonds is 10. The molecule has 1 fully saturated rings. The van der Waals surface area contributed by atoms with Gasteiger partial charge in [-0.25, -0.2) is 9.03 Å². The topological polar surface area (TPSA) is 125 Å². The molecule has 0 spiro atoms. The number of aromatic nitrogens is 6. The molecule has 12 nitrogen and oxygen atoms in total. The van der Waals surface area contributed by atoms with Gasteiger partial charge in [0.25, 0.3) is 0 Å². The predicted octanol–water partition coefficient (Wildman–Crippen LogP) is 4.93. The SMILES string of the molecule is CC.O=c1c2ccccc2n2nnc3ccc(NCCCN4CCN(CCCNc5ccc6nnn7c8ccccc8c(=O)c5c67)CC4)c1c32. The molecule has 50 heavy (non-hydrogen) atoms. The summed E-state index contributed by atoms with van der Waals surface area (Å²) in [6, 6.07) is 22.9. The molecule has 0 aliphatic carbocycles. The average molecular weight is 669 g/mol. The quantitative estimate of drug-likeness (QED) is 0.153. The van der Waals surface area contributed by atoms with E-state index in [-0.39, 0.29) is 10.9 Å². The summed E-state index contributed by atoms with van der Waals surface area (Å²) in [7, 11) is 0. The summed E-state index contributed by atoms with van der Waals surface area (Å²) in [4.78, 5) is 32.0. The van der Waals surface area contributed by atoms with Gasteiger partial charge in [-0.15, -0.1) is 10.2 Å². The molecule has 1 aliphatic rings. The van der Waals surface area contributed by atoms with Crippen LogP contribution < -0.4 is 21.5 Å². The van der Waals surface area contributed by atoms with Crippen LogP contribution in [0.25, 0.3) is 54.6 Å². The van der Waals surface area contributed by atoms with Crippen LogP contribution in [-0.2, 0) is 0 Å². The molecule has 0 saturated carbocycles. The van der Waals surface area contributed by atoms with Crippen molar-refractivity contribution in [2.45, 2.75) is 26.7 Å². The highest BCUT2D eigenvalue weighted by Crippen LogP contribution is 2.29. The smallest absolute Gasteiger partial charge is 0.199 e. The van der Waals surface area contributed by atoms with E-state index in [0.717, 1.165) is 110 Å². The molecule has 8 aromatic rings. The maximum Gasteiger partial charge on any atom is 0.199 e. The summed E-state index contributed by atoms with van der Waals surface area (Å²) in [6.45, 7) is 11.7. The lowest BCUT2D eigenvalue weighted by Gasteiger charge is -2.34. The number of hydrogen-bond donors (Lipinski definition) is 2. The number of fused-ring (bicyclic) bond motifs is 4. The van der Waals surface area contributed by atoms with Gasteiger partial charge >= 0.3 is 0 Å². The second kappa shape index (κ2) is 13.4. The monoisotopic (exact) mass is 668 g/mol. The average Bonchev–Trinajstić information content (AvgIpc) is 3.80. The van der Waals surface area contributed by atoms with E-state index in [0.29, 0.717) is 21.5 Å². The maximum absolute atomic E-state index is 13.5. The molecule has 0 unspecified atom stereocenters. The molecule has 0 atom stereocenters. The van der Waals surface area contributed by atoms with Gasteiger partial charge in [-0.1, -0.05) is 48.5 Å². The largest absolute Gasteiger partial charge is 0.384 e.